The third kappa shape index (κ3) is 2.24. The molecule has 0 aromatic heterocycles. The molecule has 96 valence electrons. The van der Waals surface area contributed by atoms with Crippen molar-refractivity contribution in [2.24, 2.45) is 4.99 Å². The molecule has 2 aromatic carbocycles. The minimum Gasteiger partial charge on any atom is -0.356 e. The lowest BCUT2D eigenvalue weighted by atomic mass is 10.0. The van der Waals surface area contributed by atoms with E-state index in [0.717, 1.165) is 22.5 Å². The van der Waals surface area contributed by atoms with Gasteiger partial charge in [0.2, 0.25) is 0 Å². The summed E-state index contributed by atoms with van der Waals surface area (Å²) < 4.78 is 0. The van der Waals surface area contributed by atoms with Gasteiger partial charge in [-0.25, -0.2) is 0 Å². The first-order valence-corrected chi connectivity index (χ1v) is 6.77. The zero-order valence-electron chi connectivity index (χ0n) is 10.8. The van der Waals surface area contributed by atoms with E-state index in [1.54, 1.807) is 0 Å². The highest BCUT2D eigenvalue weighted by molar-refractivity contribution is 6.24. The number of halogens is 1. The van der Waals surface area contributed by atoms with Gasteiger partial charge in [0.05, 0.1) is 12.3 Å². The number of benzodiazepines with no additional fused rings is 1. The maximum Gasteiger partial charge on any atom is 0.123 e. The number of para-hydroxylation sites is 1. The van der Waals surface area contributed by atoms with Crippen LogP contribution in [0.15, 0.2) is 59.6 Å². The van der Waals surface area contributed by atoms with Crippen LogP contribution in [0.4, 0.5) is 5.69 Å². The van der Waals surface area contributed by atoms with Gasteiger partial charge in [-0.05, 0) is 6.07 Å². The van der Waals surface area contributed by atoms with Crippen LogP contribution < -0.4 is 4.90 Å². The first-order valence-electron chi connectivity index (χ1n) is 6.33. The average molecular weight is 271 g/mol. The van der Waals surface area contributed by atoms with Crippen LogP contribution in [0, 0.1) is 0 Å². The molecule has 2 nitrogen and oxygen atoms in total. The number of alkyl halides is 1. The maximum absolute atomic E-state index is 6.37. The Kier molecular flexibility index (Phi) is 3.26. The number of hydrogen-bond donors (Lipinski definition) is 0. The number of aliphatic imine (C=N–C) groups is 1. The topological polar surface area (TPSA) is 15.6 Å². The molecule has 3 rings (SSSR count). The van der Waals surface area contributed by atoms with E-state index >= 15 is 0 Å². The Morgan fingerprint density at radius 2 is 1.74 bits per heavy atom. The van der Waals surface area contributed by atoms with E-state index in [9.17, 15) is 0 Å². The van der Waals surface area contributed by atoms with Gasteiger partial charge in [0, 0.05) is 23.9 Å². The molecule has 0 amide bonds. The highest BCUT2D eigenvalue weighted by Gasteiger charge is 2.21. The second kappa shape index (κ2) is 5.06. The van der Waals surface area contributed by atoms with Gasteiger partial charge < -0.3 is 4.90 Å². The Balaban J connectivity index is 2.17. The maximum atomic E-state index is 6.37. The van der Waals surface area contributed by atoms with E-state index in [0.29, 0.717) is 6.54 Å². The standard InChI is InChI=1S/C16H15ClN2/c1-19-14-10-6-5-9-13(14)16(18-11-15(19)17)12-7-3-2-4-8-12/h2-10,15H,11H2,1H3. The van der Waals surface area contributed by atoms with Crippen LogP contribution in [-0.4, -0.2) is 24.8 Å². The second-order valence-electron chi connectivity index (χ2n) is 4.62. The molecule has 1 aliphatic heterocycles. The summed E-state index contributed by atoms with van der Waals surface area (Å²) >= 11 is 6.37. The Labute approximate surface area is 118 Å². The fourth-order valence-corrected chi connectivity index (χ4v) is 2.52. The Bertz CT molecular complexity index is 607. The van der Waals surface area contributed by atoms with E-state index in [1.807, 2.05) is 37.4 Å². The van der Waals surface area contributed by atoms with Crippen molar-refractivity contribution in [1.82, 2.24) is 0 Å². The number of hydrogen-bond acceptors (Lipinski definition) is 2. The zero-order valence-corrected chi connectivity index (χ0v) is 11.5. The predicted octanol–water partition coefficient (Wildman–Crippen LogP) is 3.54. The molecule has 3 heteroatoms. The number of benzene rings is 2. The van der Waals surface area contributed by atoms with Gasteiger partial charge in [0.15, 0.2) is 0 Å². The van der Waals surface area contributed by atoms with Gasteiger partial charge >= 0.3 is 0 Å². The quantitative estimate of drug-likeness (QED) is 0.572. The van der Waals surface area contributed by atoms with Crippen molar-refractivity contribution in [2.75, 3.05) is 18.5 Å². The molecule has 0 aliphatic carbocycles. The Hall–Kier alpha value is -1.80. The summed E-state index contributed by atoms with van der Waals surface area (Å²) in [6.45, 7) is 0.594. The summed E-state index contributed by atoms with van der Waals surface area (Å²) in [6, 6.07) is 18.5. The van der Waals surface area contributed by atoms with Crippen LogP contribution in [0.5, 0.6) is 0 Å². The van der Waals surface area contributed by atoms with Crippen molar-refractivity contribution in [3.05, 3.63) is 65.7 Å². The van der Waals surface area contributed by atoms with Gasteiger partial charge in [-0.1, -0.05) is 60.1 Å². The van der Waals surface area contributed by atoms with E-state index in [4.69, 9.17) is 16.6 Å². The lowest BCUT2D eigenvalue weighted by Crippen LogP contribution is -2.28. The van der Waals surface area contributed by atoms with Crippen molar-refractivity contribution in [3.63, 3.8) is 0 Å². The van der Waals surface area contributed by atoms with E-state index in [1.165, 1.54) is 0 Å². The molecule has 1 aliphatic rings. The number of nitrogens with zero attached hydrogens (tertiary/aromatic N) is 2. The van der Waals surface area contributed by atoms with Crippen LogP contribution in [-0.2, 0) is 0 Å². The lowest BCUT2D eigenvalue weighted by molar-refractivity contribution is 0.830. The van der Waals surface area contributed by atoms with Crippen molar-refractivity contribution in [1.29, 1.82) is 0 Å². The van der Waals surface area contributed by atoms with Crippen molar-refractivity contribution in [2.45, 2.75) is 5.50 Å². The molecule has 19 heavy (non-hydrogen) atoms. The highest BCUT2D eigenvalue weighted by Crippen LogP contribution is 2.28. The minimum absolute atomic E-state index is 0.109. The molecule has 0 bridgehead atoms. The third-order valence-corrected chi connectivity index (χ3v) is 3.84. The molecule has 0 radical (unpaired) electrons. The average Bonchev–Trinajstić information content (AvgIpc) is 2.59. The largest absolute Gasteiger partial charge is 0.356 e. The zero-order chi connectivity index (χ0) is 13.2. The van der Waals surface area contributed by atoms with Crippen LogP contribution in [0.3, 0.4) is 0 Å². The summed E-state index contributed by atoms with van der Waals surface area (Å²) in [6.07, 6.45) is 0. The van der Waals surface area contributed by atoms with Gasteiger partial charge in [-0.2, -0.15) is 0 Å². The van der Waals surface area contributed by atoms with Crippen molar-refractivity contribution in [3.8, 4) is 0 Å². The molecule has 2 aromatic rings. The summed E-state index contributed by atoms with van der Waals surface area (Å²) in [5.74, 6) is 0. The van der Waals surface area contributed by atoms with Crippen LogP contribution in [0.2, 0.25) is 0 Å². The van der Waals surface area contributed by atoms with Crippen molar-refractivity contribution >= 4 is 23.0 Å². The van der Waals surface area contributed by atoms with Crippen LogP contribution in [0.1, 0.15) is 11.1 Å². The Morgan fingerprint density at radius 3 is 2.53 bits per heavy atom. The highest BCUT2D eigenvalue weighted by atomic mass is 35.5. The molecular weight excluding hydrogens is 256 g/mol. The molecule has 0 saturated carbocycles. The number of likely N-dealkylation sites (N-methyl/N-ethyl adjacent to an activating group) is 1. The fraction of sp³-hybridized carbons (Fsp3) is 0.188. The lowest BCUT2D eigenvalue weighted by Gasteiger charge is -2.23. The fourth-order valence-electron chi connectivity index (χ4n) is 2.35. The summed E-state index contributed by atoms with van der Waals surface area (Å²) in [5, 5.41) is 0. The molecule has 1 heterocycles. The number of rotatable bonds is 1. The van der Waals surface area contributed by atoms with Crippen LogP contribution in [0.25, 0.3) is 0 Å². The molecule has 0 spiro atoms. The summed E-state index contributed by atoms with van der Waals surface area (Å²) in [4.78, 5) is 6.79. The van der Waals surface area contributed by atoms with E-state index < -0.39 is 0 Å². The molecule has 0 N–H and O–H groups in total. The molecule has 1 atom stereocenters. The predicted molar refractivity (Wildman–Crippen MR) is 81.4 cm³/mol. The van der Waals surface area contributed by atoms with E-state index in [-0.39, 0.29) is 5.50 Å². The van der Waals surface area contributed by atoms with Gasteiger partial charge in [-0.15, -0.1) is 0 Å². The summed E-state index contributed by atoms with van der Waals surface area (Å²) in [7, 11) is 2.01. The number of fused-ring (bicyclic) bond motifs is 1. The third-order valence-electron chi connectivity index (χ3n) is 3.41. The molecule has 1 unspecified atom stereocenters. The summed E-state index contributed by atoms with van der Waals surface area (Å²) in [5.41, 5.74) is 4.31. The van der Waals surface area contributed by atoms with Crippen molar-refractivity contribution < 1.29 is 0 Å². The van der Waals surface area contributed by atoms with Gasteiger partial charge in [-0.3, -0.25) is 4.99 Å². The smallest absolute Gasteiger partial charge is 0.123 e. The molecule has 0 saturated heterocycles. The van der Waals surface area contributed by atoms with E-state index in [2.05, 4.69) is 29.2 Å². The monoisotopic (exact) mass is 270 g/mol. The SMILES string of the molecule is CN1c2ccccc2C(c2ccccc2)=NCC1Cl. The first-order chi connectivity index (χ1) is 9.27. The van der Waals surface area contributed by atoms with Crippen LogP contribution >= 0.6 is 11.6 Å². The number of anilines is 1. The molecule has 0 fully saturated rings. The van der Waals surface area contributed by atoms with Gasteiger partial charge in [0.25, 0.3) is 0 Å². The molecular formula is C16H15ClN2. The minimum atomic E-state index is -0.109. The Morgan fingerprint density at radius 1 is 1.05 bits per heavy atom. The first kappa shape index (κ1) is 12.2. The second-order valence-corrected chi connectivity index (χ2v) is 5.12. The van der Waals surface area contributed by atoms with Gasteiger partial charge in [0.1, 0.15) is 5.50 Å². The normalized spacial score (nSPS) is 18.5.